The lowest BCUT2D eigenvalue weighted by Gasteiger charge is -2.06. The molecule has 0 fully saturated rings. The number of alkyl halides is 4. The number of aromatic nitrogens is 1. The van der Waals surface area contributed by atoms with Crippen LogP contribution >= 0.6 is 22.9 Å². The minimum Gasteiger partial charge on any atom is -0.241 e. The van der Waals surface area contributed by atoms with Crippen molar-refractivity contribution in [2.45, 2.75) is 12.6 Å². The number of hydrogen-bond acceptors (Lipinski definition) is 2. The zero-order valence-corrected chi connectivity index (χ0v) is 10.7. The maximum Gasteiger partial charge on any atom is 0.416 e. The van der Waals surface area contributed by atoms with E-state index in [1.807, 2.05) is 5.38 Å². The van der Waals surface area contributed by atoms with Gasteiger partial charge in [0.25, 0.3) is 0 Å². The summed E-state index contributed by atoms with van der Waals surface area (Å²) in [5.41, 5.74) is 0.905. The minimum absolute atomic E-state index is 0.482. The van der Waals surface area contributed by atoms with Gasteiger partial charge in [0.15, 0.2) is 0 Å². The van der Waals surface area contributed by atoms with Gasteiger partial charge in [0.2, 0.25) is 0 Å². The van der Waals surface area contributed by atoms with Crippen molar-refractivity contribution in [3.63, 3.8) is 0 Å². The Hall–Kier alpha value is -1.07. The fourth-order valence-electron chi connectivity index (χ4n) is 1.45. The van der Waals surface area contributed by atoms with E-state index in [-0.39, 0.29) is 0 Å². The third-order valence-electron chi connectivity index (χ3n) is 2.36. The number of hydrogen-bond donors (Lipinski definition) is 0. The van der Waals surface area contributed by atoms with Gasteiger partial charge in [-0.1, -0.05) is 12.1 Å². The van der Waals surface area contributed by atoms with E-state index in [4.69, 9.17) is 11.6 Å². The fourth-order valence-corrected chi connectivity index (χ4v) is 2.51. The molecule has 6 heteroatoms. The van der Waals surface area contributed by atoms with Gasteiger partial charge < -0.3 is 0 Å². The number of benzene rings is 1. The maximum atomic E-state index is 12.4. The van der Waals surface area contributed by atoms with Gasteiger partial charge in [0, 0.05) is 23.2 Å². The topological polar surface area (TPSA) is 12.9 Å². The molecule has 0 spiro atoms. The van der Waals surface area contributed by atoms with E-state index in [0.717, 1.165) is 17.8 Å². The van der Waals surface area contributed by atoms with Crippen LogP contribution in [0.4, 0.5) is 13.2 Å². The molecule has 0 saturated heterocycles. The van der Waals surface area contributed by atoms with E-state index in [0.29, 0.717) is 22.9 Å². The zero-order chi connectivity index (χ0) is 13.2. The zero-order valence-electron chi connectivity index (χ0n) is 9.17. The summed E-state index contributed by atoms with van der Waals surface area (Å²) >= 11 is 7.01. The summed E-state index contributed by atoms with van der Waals surface area (Å²) in [6.07, 6.45) is -3.64. The van der Waals surface area contributed by atoms with Crippen LogP contribution in [0.3, 0.4) is 0 Å². The molecule has 0 aliphatic heterocycles. The van der Waals surface area contributed by atoms with Gasteiger partial charge in [-0.25, -0.2) is 4.98 Å². The molecule has 1 nitrogen and oxygen atoms in total. The van der Waals surface area contributed by atoms with Gasteiger partial charge in [-0.2, -0.15) is 13.2 Å². The number of rotatable bonds is 3. The first kappa shape index (κ1) is 13.4. The lowest BCUT2D eigenvalue weighted by atomic mass is 10.1. The summed E-state index contributed by atoms with van der Waals surface area (Å²) in [4.78, 5) is 4.31. The number of thiazole rings is 1. The molecule has 0 unspecified atom stereocenters. The highest BCUT2D eigenvalue weighted by Gasteiger charge is 2.30. The summed E-state index contributed by atoms with van der Waals surface area (Å²) in [7, 11) is 0. The van der Waals surface area contributed by atoms with Crippen LogP contribution in [0, 0.1) is 0 Å². The number of aryl methyl sites for hydroxylation is 1. The Labute approximate surface area is 111 Å². The molecule has 1 heterocycles. The van der Waals surface area contributed by atoms with Crippen molar-refractivity contribution in [2.24, 2.45) is 0 Å². The van der Waals surface area contributed by atoms with E-state index >= 15 is 0 Å². The van der Waals surface area contributed by atoms with Crippen LogP contribution in [0.15, 0.2) is 29.6 Å². The minimum atomic E-state index is -4.30. The van der Waals surface area contributed by atoms with E-state index < -0.39 is 11.7 Å². The van der Waals surface area contributed by atoms with Gasteiger partial charge in [-0.3, -0.25) is 0 Å². The Kier molecular flexibility index (Phi) is 3.92. The largest absolute Gasteiger partial charge is 0.416 e. The third-order valence-corrected chi connectivity index (χ3v) is 3.49. The first-order valence-corrected chi connectivity index (χ1v) is 6.60. The summed E-state index contributed by atoms with van der Waals surface area (Å²) in [5, 5.41) is 2.58. The van der Waals surface area contributed by atoms with Crippen molar-refractivity contribution in [3.8, 4) is 10.6 Å². The average Bonchev–Trinajstić information content (AvgIpc) is 2.77. The lowest BCUT2D eigenvalue weighted by molar-refractivity contribution is -0.137. The Bertz CT molecular complexity index is 519. The van der Waals surface area contributed by atoms with Crippen LogP contribution < -0.4 is 0 Å². The van der Waals surface area contributed by atoms with Crippen molar-refractivity contribution in [2.75, 3.05) is 5.88 Å². The smallest absolute Gasteiger partial charge is 0.241 e. The second kappa shape index (κ2) is 5.28. The van der Waals surface area contributed by atoms with Crippen LogP contribution in [-0.4, -0.2) is 10.9 Å². The predicted molar refractivity (Wildman–Crippen MR) is 67.0 cm³/mol. The van der Waals surface area contributed by atoms with Crippen LogP contribution in [0.2, 0.25) is 0 Å². The van der Waals surface area contributed by atoms with E-state index in [9.17, 15) is 13.2 Å². The predicted octanol–water partition coefficient (Wildman–Crippen LogP) is 4.61. The van der Waals surface area contributed by atoms with Crippen LogP contribution in [0.25, 0.3) is 10.6 Å². The van der Waals surface area contributed by atoms with Gasteiger partial charge in [-0.15, -0.1) is 22.9 Å². The van der Waals surface area contributed by atoms with E-state index in [1.54, 1.807) is 0 Å². The molecule has 0 amide bonds. The highest BCUT2D eigenvalue weighted by Crippen LogP contribution is 2.31. The van der Waals surface area contributed by atoms with Crippen molar-refractivity contribution in [3.05, 3.63) is 40.9 Å². The Morgan fingerprint density at radius 1 is 1.17 bits per heavy atom. The van der Waals surface area contributed by atoms with Crippen molar-refractivity contribution >= 4 is 22.9 Å². The highest BCUT2D eigenvalue weighted by atomic mass is 35.5. The second-order valence-electron chi connectivity index (χ2n) is 3.66. The van der Waals surface area contributed by atoms with Gasteiger partial charge in [-0.05, 0) is 12.1 Å². The van der Waals surface area contributed by atoms with Crippen molar-refractivity contribution < 1.29 is 13.2 Å². The molecule has 1 aromatic heterocycles. The van der Waals surface area contributed by atoms with Crippen LogP contribution in [0.5, 0.6) is 0 Å². The Morgan fingerprint density at radius 2 is 1.83 bits per heavy atom. The molecule has 0 atom stereocenters. The van der Waals surface area contributed by atoms with E-state index in [1.165, 1.54) is 23.5 Å². The SMILES string of the molecule is FC(F)(F)c1ccc(-c2nc(CCCl)cs2)cc1. The maximum absolute atomic E-state index is 12.4. The van der Waals surface area contributed by atoms with Gasteiger partial charge in [0.05, 0.1) is 11.3 Å². The number of nitrogens with zero attached hydrogens (tertiary/aromatic N) is 1. The molecule has 0 radical (unpaired) electrons. The molecule has 1 aromatic carbocycles. The summed E-state index contributed by atoms with van der Waals surface area (Å²) in [6, 6.07) is 5.01. The molecule has 0 aliphatic rings. The monoisotopic (exact) mass is 291 g/mol. The van der Waals surface area contributed by atoms with Crippen LogP contribution in [-0.2, 0) is 12.6 Å². The lowest BCUT2D eigenvalue weighted by Crippen LogP contribution is -2.03. The molecule has 2 rings (SSSR count). The molecular weight excluding hydrogens is 283 g/mol. The molecule has 0 saturated carbocycles. The molecular formula is C12H9ClF3NS. The fraction of sp³-hybridized carbons (Fsp3) is 0.250. The quantitative estimate of drug-likeness (QED) is 0.753. The third kappa shape index (κ3) is 3.03. The van der Waals surface area contributed by atoms with Crippen molar-refractivity contribution in [1.82, 2.24) is 4.98 Å². The molecule has 0 bridgehead atoms. The Morgan fingerprint density at radius 3 is 2.39 bits per heavy atom. The highest BCUT2D eigenvalue weighted by molar-refractivity contribution is 7.13. The normalized spacial score (nSPS) is 11.8. The molecule has 96 valence electrons. The first-order chi connectivity index (χ1) is 8.50. The molecule has 18 heavy (non-hydrogen) atoms. The standard InChI is InChI=1S/C12H9ClF3NS/c13-6-5-10-7-18-11(17-10)8-1-3-9(4-2-8)12(14,15)16/h1-4,7H,5-6H2. The molecule has 0 N–H and O–H groups in total. The average molecular weight is 292 g/mol. The molecule has 0 aliphatic carbocycles. The Balaban J connectivity index is 2.23. The van der Waals surface area contributed by atoms with Crippen molar-refractivity contribution in [1.29, 1.82) is 0 Å². The summed E-state index contributed by atoms with van der Waals surface area (Å²) < 4.78 is 37.2. The van der Waals surface area contributed by atoms with Gasteiger partial charge >= 0.3 is 6.18 Å². The van der Waals surface area contributed by atoms with Gasteiger partial charge in [0.1, 0.15) is 5.01 Å². The van der Waals surface area contributed by atoms with E-state index in [2.05, 4.69) is 4.98 Å². The second-order valence-corrected chi connectivity index (χ2v) is 4.89. The van der Waals surface area contributed by atoms with Crippen LogP contribution in [0.1, 0.15) is 11.3 Å². The summed E-state index contributed by atoms with van der Waals surface area (Å²) in [5.74, 6) is 0.482. The summed E-state index contributed by atoms with van der Waals surface area (Å²) in [6.45, 7) is 0. The molecule has 2 aromatic rings. The first-order valence-electron chi connectivity index (χ1n) is 5.18. The number of halogens is 4.